The summed E-state index contributed by atoms with van der Waals surface area (Å²) < 4.78 is 22.5. The number of H-pyrrole nitrogens is 1. The first-order valence-electron chi connectivity index (χ1n) is 8.72. The van der Waals surface area contributed by atoms with Crippen molar-refractivity contribution in [1.29, 1.82) is 0 Å². The fourth-order valence-electron chi connectivity index (χ4n) is 3.14. The third kappa shape index (κ3) is 4.92. The Kier molecular flexibility index (Phi) is 5.73. The molecule has 1 saturated heterocycles. The molecule has 1 aromatic carbocycles. The third-order valence-electron chi connectivity index (χ3n) is 4.65. The monoisotopic (exact) mass is 376 g/mol. The highest BCUT2D eigenvalue weighted by Gasteiger charge is 2.23. The summed E-state index contributed by atoms with van der Waals surface area (Å²) in [6.45, 7) is 2.13. The lowest BCUT2D eigenvalue weighted by Gasteiger charge is -2.32. The number of carbonyl (C=O) groups is 1. The Morgan fingerprint density at radius 1 is 1.27 bits per heavy atom. The van der Waals surface area contributed by atoms with Crippen molar-refractivity contribution < 1.29 is 13.2 Å². The zero-order valence-corrected chi connectivity index (χ0v) is 15.6. The highest BCUT2D eigenvalue weighted by Crippen LogP contribution is 2.21. The normalized spacial score (nSPS) is 16.5. The molecule has 7 nitrogen and oxygen atoms in total. The quantitative estimate of drug-likeness (QED) is 0.793. The van der Waals surface area contributed by atoms with E-state index >= 15 is 0 Å². The fraction of sp³-hybridized carbons (Fsp3) is 0.444. The van der Waals surface area contributed by atoms with Gasteiger partial charge in [-0.25, -0.2) is 8.42 Å². The van der Waals surface area contributed by atoms with Crippen molar-refractivity contribution in [3.05, 3.63) is 42.1 Å². The Labute approximate surface area is 153 Å². The molecule has 2 heterocycles. The summed E-state index contributed by atoms with van der Waals surface area (Å²) in [4.78, 5) is 14.8. The predicted molar refractivity (Wildman–Crippen MR) is 101 cm³/mol. The molecule has 0 bridgehead atoms. The zero-order chi connectivity index (χ0) is 18.6. The van der Waals surface area contributed by atoms with Crippen molar-refractivity contribution in [3.8, 4) is 11.3 Å². The van der Waals surface area contributed by atoms with E-state index in [4.69, 9.17) is 0 Å². The molecule has 1 fully saturated rings. The molecule has 2 N–H and O–H groups in total. The molecule has 0 radical (unpaired) electrons. The first-order chi connectivity index (χ1) is 12.4. The van der Waals surface area contributed by atoms with Crippen molar-refractivity contribution in [2.24, 2.45) is 0 Å². The predicted octanol–water partition coefficient (Wildman–Crippen LogP) is 1.32. The number of carbonyl (C=O) groups excluding carboxylic acids is 1. The molecule has 3 rings (SSSR count). The van der Waals surface area contributed by atoms with Gasteiger partial charge < -0.3 is 10.2 Å². The van der Waals surface area contributed by atoms with E-state index in [1.807, 2.05) is 30.3 Å². The smallest absolute Gasteiger partial charge is 0.255 e. The van der Waals surface area contributed by atoms with Gasteiger partial charge >= 0.3 is 0 Å². The van der Waals surface area contributed by atoms with Crippen LogP contribution in [0.5, 0.6) is 0 Å². The number of hydrogen-bond donors (Lipinski definition) is 2. The molecular weight excluding hydrogens is 352 g/mol. The van der Waals surface area contributed by atoms with Gasteiger partial charge in [-0.2, -0.15) is 5.10 Å². The van der Waals surface area contributed by atoms with E-state index in [2.05, 4.69) is 20.4 Å². The van der Waals surface area contributed by atoms with Crippen molar-refractivity contribution in [1.82, 2.24) is 20.4 Å². The Bertz CT molecular complexity index is 840. The van der Waals surface area contributed by atoms with Crippen molar-refractivity contribution in [3.63, 3.8) is 0 Å². The van der Waals surface area contributed by atoms with Gasteiger partial charge in [0.1, 0.15) is 9.84 Å². The summed E-state index contributed by atoms with van der Waals surface area (Å²) >= 11 is 0. The number of rotatable bonds is 6. The van der Waals surface area contributed by atoms with Crippen molar-refractivity contribution in [2.75, 3.05) is 31.6 Å². The lowest BCUT2D eigenvalue weighted by Crippen LogP contribution is -2.45. The first-order valence-corrected chi connectivity index (χ1v) is 10.8. The number of aromatic amines is 1. The van der Waals surface area contributed by atoms with E-state index < -0.39 is 9.84 Å². The molecule has 140 valence electrons. The van der Waals surface area contributed by atoms with Crippen LogP contribution in [0.25, 0.3) is 11.3 Å². The molecular formula is C18H24N4O3S. The largest absolute Gasteiger partial charge is 0.349 e. The molecule has 1 amide bonds. The maximum Gasteiger partial charge on any atom is 0.255 e. The van der Waals surface area contributed by atoms with Gasteiger partial charge in [-0.1, -0.05) is 30.3 Å². The van der Waals surface area contributed by atoms with E-state index in [9.17, 15) is 13.2 Å². The van der Waals surface area contributed by atoms with Crippen LogP contribution in [0.2, 0.25) is 0 Å². The van der Waals surface area contributed by atoms with E-state index in [0.29, 0.717) is 17.8 Å². The first kappa shape index (κ1) is 18.6. The lowest BCUT2D eigenvalue weighted by molar-refractivity contribution is 0.0913. The van der Waals surface area contributed by atoms with Crippen LogP contribution < -0.4 is 5.32 Å². The molecule has 0 atom stereocenters. The number of nitrogens with zero attached hydrogens (tertiary/aromatic N) is 2. The average Bonchev–Trinajstić information content (AvgIpc) is 3.11. The second-order valence-corrected chi connectivity index (χ2v) is 9.00. The minimum atomic E-state index is -2.94. The summed E-state index contributed by atoms with van der Waals surface area (Å²) in [6.07, 6.45) is 4.44. The van der Waals surface area contributed by atoms with Crippen LogP contribution in [0.3, 0.4) is 0 Å². The van der Waals surface area contributed by atoms with Gasteiger partial charge in [0.05, 0.1) is 23.2 Å². The van der Waals surface area contributed by atoms with Crippen LogP contribution in [0.4, 0.5) is 0 Å². The highest BCUT2D eigenvalue weighted by molar-refractivity contribution is 7.90. The second kappa shape index (κ2) is 8.01. The number of benzene rings is 1. The number of piperidine rings is 1. The van der Waals surface area contributed by atoms with Gasteiger partial charge in [-0.3, -0.25) is 9.89 Å². The lowest BCUT2D eigenvalue weighted by atomic mass is 10.0. The summed E-state index contributed by atoms with van der Waals surface area (Å²) in [6, 6.07) is 9.73. The van der Waals surface area contributed by atoms with Crippen molar-refractivity contribution >= 4 is 15.7 Å². The highest BCUT2D eigenvalue weighted by atomic mass is 32.2. The summed E-state index contributed by atoms with van der Waals surface area (Å²) in [5.41, 5.74) is 2.18. The maximum absolute atomic E-state index is 12.6. The van der Waals surface area contributed by atoms with Crippen LogP contribution in [-0.4, -0.2) is 67.1 Å². The van der Waals surface area contributed by atoms with Crippen LogP contribution in [0.15, 0.2) is 36.5 Å². The number of sulfone groups is 1. The Hall–Kier alpha value is -2.19. The molecule has 1 aliphatic rings. The molecule has 0 aliphatic carbocycles. The van der Waals surface area contributed by atoms with Crippen LogP contribution >= 0.6 is 0 Å². The Balaban J connectivity index is 1.55. The second-order valence-electron chi connectivity index (χ2n) is 6.74. The number of amides is 1. The molecule has 2 aromatic rings. The Morgan fingerprint density at radius 2 is 1.96 bits per heavy atom. The number of nitrogens with one attached hydrogen (secondary N) is 2. The molecule has 0 spiro atoms. The molecule has 0 saturated carbocycles. The number of likely N-dealkylation sites (tertiary alicyclic amines) is 1. The average molecular weight is 376 g/mol. The molecule has 1 aromatic heterocycles. The number of hydrogen-bond acceptors (Lipinski definition) is 5. The van der Waals surface area contributed by atoms with Gasteiger partial charge in [-0.15, -0.1) is 0 Å². The molecule has 8 heteroatoms. The van der Waals surface area contributed by atoms with Gasteiger partial charge in [0.2, 0.25) is 0 Å². The minimum absolute atomic E-state index is 0.0931. The maximum atomic E-state index is 12.6. The topological polar surface area (TPSA) is 95.2 Å². The SMILES string of the molecule is CS(=O)(=O)CCN1CCC(NC(=O)c2cn[nH]c2-c2ccccc2)CC1. The van der Waals surface area contributed by atoms with Gasteiger partial charge in [0.15, 0.2) is 0 Å². The fourth-order valence-corrected chi connectivity index (χ4v) is 3.73. The van der Waals surface area contributed by atoms with E-state index in [0.717, 1.165) is 31.5 Å². The molecule has 26 heavy (non-hydrogen) atoms. The van der Waals surface area contributed by atoms with Gasteiger partial charge in [0.25, 0.3) is 5.91 Å². The Morgan fingerprint density at radius 3 is 2.62 bits per heavy atom. The van der Waals surface area contributed by atoms with E-state index in [1.165, 1.54) is 6.26 Å². The van der Waals surface area contributed by atoms with Gasteiger partial charge in [0, 0.05) is 37.5 Å². The summed E-state index contributed by atoms with van der Waals surface area (Å²) in [7, 11) is -2.94. The number of aromatic nitrogens is 2. The van der Waals surface area contributed by atoms with Crippen molar-refractivity contribution in [2.45, 2.75) is 18.9 Å². The van der Waals surface area contributed by atoms with Crippen LogP contribution in [0, 0.1) is 0 Å². The van der Waals surface area contributed by atoms with Crippen LogP contribution in [-0.2, 0) is 9.84 Å². The molecule has 0 unspecified atom stereocenters. The van der Waals surface area contributed by atoms with Gasteiger partial charge in [-0.05, 0) is 12.8 Å². The van der Waals surface area contributed by atoms with Crippen LogP contribution in [0.1, 0.15) is 23.2 Å². The molecule has 1 aliphatic heterocycles. The standard InChI is InChI=1S/C18H24N4O3S/c1-26(24,25)12-11-22-9-7-15(8-10-22)20-18(23)16-13-19-21-17(16)14-5-3-2-4-6-14/h2-6,13,15H,7-12H2,1H3,(H,19,21)(H,20,23). The third-order valence-corrected chi connectivity index (χ3v) is 5.57. The summed E-state index contributed by atoms with van der Waals surface area (Å²) in [5.74, 6) is 0.0478. The zero-order valence-electron chi connectivity index (χ0n) is 14.8. The van der Waals surface area contributed by atoms with E-state index in [-0.39, 0.29) is 17.7 Å². The van der Waals surface area contributed by atoms with E-state index in [1.54, 1.807) is 6.20 Å². The summed E-state index contributed by atoms with van der Waals surface area (Å²) in [5, 5.41) is 10.0. The minimum Gasteiger partial charge on any atom is -0.349 e.